The summed E-state index contributed by atoms with van der Waals surface area (Å²) in [5.41, 5.74) is 0.867. The Hall–Kier alpha value is -2.13. The van der Waals surface area contributed by atoms with Crippen molar-refractivity contribution >= 4 is 29.2 Å². The number of hydrogen-bond donors (Lipinski definition) is 1. The van der Waals surface area contributed by atoms with Crippen LogP contribution in [0.1, 0.15) is 11.1 Å². The quantitative estimate of drug-likeness (QED) is 0.677. The fourth-order valence-electron chi connectivity index (χ4n) is 1.67. The Balaban J connectivity index is 2.53. The number of carboxylic acid groups (broad SMARTS) is 1. The van der Waals surface area contributed by atoms with Gasteiger partial charge in [0.2, 0.25) is 0 Å². The van der Waals surface area contributed by atoms with Crippen molar-refractivity contribution in [2.45, 2.75) is 0 Å². The molecule has 4 heteroatoms. The Morgan fingerprint density at radius 1 is 1.16 bits per heavy atom. The topological polar surface area (TPSA) is 37.3 Å². The van der Waals surface area contributed by atoms with Gasteiger partial charge < -0.3 is 5.11 Å². The lowest BCUT2D eigenvalue weighted by Crippen LogP contribution is -2.00. The van der Waals surface area contributed by atoms with Crippen LogP contribution in [-0.2, 0) is 4.79 Å². The molecule has 0 saturated heterocycles. The highest BCUT2D eigenvalue weighted by atomic mass is 35.5. The van der Waals surface area contributed by atoms with Gasteiger partial charge in [-0.15, -0.1) is 0 Å². The maximum atomic E-state index is 13.2. The van der Waals surface area contributed by atoms with Crippen molar-refractivity contribution in [3.63, 3.8) is 0 Å². The summed E-state index contributed by atoms with van der Waals surface area (Å²) in [5, 5.41) is 9.68. The molecule has 0 bridgehead atoms. The molecule has 96 valence electrons. The molecule has 0 aliphatic carbocycles. The van der Waals surface area contributed by atoms with Gasteiger partial charge in [0.15, 0.2) is 0 Å². The molecule has 0 radical (unpaired) electrons. The third-order valence-corrected chi connectivity index (χ3v) is 2.92. The molecule has 1 N–H and O–H groups in total. The Kier molecular flexibility index (Phi) is 3.97. The van der Waals surface area contributed by atoms with Crippen molar-refractivity contribution in [1.29, 1.82) is 0 Å². The van der Waals surface area contributed by atoms with Crippen LogP contribution in [0, 0.1) is 5.82 Å². The lowest BCUT2D eigenvalue weighted by Gasteiger charge is -2.04. The minimum atomic E-state index is -1.13. The first-order chi connectivity index (χ1) is 9.08. The largest absolute Gasteiger partial charge is 0.478 e. The van der Waals surface area contributed by atoms with Crippen LogP contribution in [0.25, 0.3) is 11.6 Å². The maximum Gasteiger partial charge on any atom is 0.336 e. The highest BCUT2D eigenvalue weighted by Crippen LogP contribution is 2.23. The number of benzene rings is 2. The van der Waals surface area contributed by atoms with Crippen molar-refractivity contribution in [1.82, 2.24) is 0 Å². The average Bonchev–Trinajstić information content (AvgIpc) is 2.37. The number of halogens is 2. The molecule has 19 heavy (non-hydrogen) atoms. The second-order valence-corrected chi connectivity index (χ2v) is 4.30. The van der Waals surface area contributed by atoms with Crippen LogP contribution in [0.15, 0.2) is 48.5 Å². The first-order valence-electron chi connectivity index (χ1n) is 5.53. The molecule has 0 aliphatic rings. The van der Waals surface area contributed by atoms with Gasteiger partial charge in [0.1, 0.15) is 5.82 Å². The number of hydrogen-bond acceptors (Lipinski definition) is 1. The van der Waals surface area contributed by atoms with Gasteiger partial charge in [-0.3, -0.25) is 0 Å². The minimum absolute atomic E-state index is 0.00685. The van der Waals surface area contributed by atoms with E-state index in [9.17, 15) is 14.3 Å². The highest BCUT2D eigenvalue weighted by molar-refractivity contribution is 6.33. The summed E-state index contributed by atoms with van der Waals surface area (Å²) in [4.78, 5) is 11.3. The summed E-state index contributed by atoms with van der Waals surface area (Å²) in [6.45, 7) is 0. The molecular formula is C15H10ClFO2. The molecule has 0 spiro atoms. The third-order valence-electron chi connectivity index (χ3n) is 2.57. The van der Waals surface area contributed by atoms with E-state index < -0.39 is 11.8 Å². The van der Waals surface area contributed by atoms with E-state index in [1.807, 2.05) is 0 Å². The molecule has 0 amide bonds. The normalized spacial score (nSPS) is 11.4. The van der Waals surface area contributed by atoms with Crippen molar-refractivity contribution in [3.05, 3.63) is 70.5 Å². The van der Waals surface area contributed by atoms with E-state index in [-0.39, 0.29) is 5.57 Å². The number of aliphatic carboxylic acids is 1. The fourth-order valence-corrected chi connectivity index (χ4v) is 1.86. The van der Waals surface area contributed by atoms with Gasteiger partial charge in [0, 0.05) is 5.02 Å². The molecule has 0 aliphatic heterocycles. The van der Waals surface area contributed by atoms with E-state index in [1.54, 1.807) is 30.3 Å². The molecule has 0 fully saturated rings. The van der Waals surface area contributed by atoms with Crippen LogP contribution in [-0.4, -0.2) is 11.1 Å². The summed E-state index contributed by atoms with van der Waals surface area (Å²) in [6, 6.07) is 12.3. The predicted molar refractivity (Wildman–Crippen MR) is 73.4 cm³/mol. The van der Waals surface area contributed by atoms with Crippen LogP contribution in [0.2, 0.25) is 5.02 Å². The lowest BCUT2D eigenvalue weighted by atomic mass is 10.0. The summed E-state index contributed by atoms with van der Waals surface area (Å²) in [6.07, 6.45) is 1.43. The van der Waals surface area contributed by atoms with Crippen LogP contribution < -0.4 is 0 Å². The first kappa shape index (κ1) is 13.3. The highest BCUT2D eigenvalue weighted by Gasteiger charge is 2.12. The lowest BCUT2D eigenvalue weighted by molar-refractivity contribution is -0.130. The van der Waals surface area contributed by atoms with Gasteiger partial charge in [-0.25, -0.2) is 9.18 Å². The summed E-state index contributed by atoms with van der Waals surface area (Å²) < 4.78 is 13.2. The minimum Gasteiger partial charge on any atom is -0.478 e. The van der Waals surface area contributed by atoms with E-state index in [0.717, 1.165) is 0 Å². The SMILES string of the molecule is O=C(O)/C(=C/c1ccccc1Cl)c1cccc(F)c1. The van der Waals surface area contributed by atoms with Crippen molar-refractivity contribution in [3.8, 4) is 0 Å². The fraction of sp³-hybridized carbons (Fsp3) is 0. The predicted octanol–water partition coefficient (Wildman–Crippen LogP) is 4.10. The van der Waals surface area contributed by atoms with Gasteiger partial charge in [0.25, 0.3) is 0 Å². The molecule has 0 atom stereocenters. The number of rotatable bonds is 3. The van der Waals surface area contributed by atoms with E-state index in [0.29, 0.717) is 16.1 Å². The average molecular weight is 277 g/mol. The van der Waals surface area contributed by atoms with Crippen molar-refractivity contribution < 1.29 is 14.3 Å². The maximum absolute atomic E-state index is 13.2. The standard InChI is InChI=1S/C15H10ClFO2/c16-14-7-2-1-4-11(14)9-13(15(18)19)10-5-3-6-12(17)8-10/h1-9H,(H,18,19)/b13-9+. The zero-order valence-electron chi connectivity index (χ0n) is 9.81. The Morgan fingerprint density at radius 3 is 2.53 bits per heavy atom. The molecule has 2 rings (SSSR count). The monoisotopic (exact) mass is 276 g/mol. The van der Waals surface area contributed by atoms with Gasteiger partial charge >= 0.3 is 5.97 Å². The molecule has 0 heterocycles. The van der Waals surface area contributed by atoms with Crippen LogP contribution in [0.5, 0.6) is 0 Å². The van der Waals surface area contributed by atoms with E-state index in [2.05, 4.69) is 0 Å². The summed E-state index contributed by atoms with van der Waals surface area (Å²) in [7, 11) is 0. The van der Waals surface area contributed by atoms with E-state index in [1.165, 1.54) is 24.3 Å². The van der Waals surface area contributed by atoms with E-state index in [4.69, 9.17) is 11.6 Å². The number of carboxylic acids is 1. The van der Waals surface area contributed by atoms with Gasteiger partial charge in [-0.1, -0.05) is 41.9 Å². The molecule has 0 saturated carbocycles. The van der Waals surface area contributed by atoms with Crippen LogP contribution >= 0.6 is 11.6 Å². The molecule has 2 aromatic carbocycles. The molecule has 0 aromatic heterocycles. The summed E-state index contributed by atoms with van der Waals surface area (Å²) in [5.74, 6) is -1.62. The molecule has 0 unspecified atom stereocenters. The van der Waals surface area contributed by atoms with E-state index >= 15 is 0 Å². The smallest absolute Gasteiger partial charge is 0.336 e. The Labute approximate surface area is 114 Å². The first-order valence-corrected chi connectivity index (χ1v) is 5.91. The van der Waals surface area contributed by atoms with Crippen LogP contribution in [0.4, 0.5) is 4.39 Å². The van der Waals surface area contributed by atoms with Gasteiger partial charge in [-0.05, 0) is 35.4 Å². The number of carbonyl (C=O) groups is 1. The van der Waals surface area contributed by atoms with Crippen molar-refractivity contribution in [2.24, 2.45) is 0 Å². The molecule has 2 nitrogen and oxygen atoms in total. The van der Waals surface area contributed by atoms with Gasteiger partial charge in [0.05, 0.1) is 5.57 Å². The molecule has 2 aromatic rings. The van der Waals surface area contributed by atoms with Crippen LogP contribution in [0.3, 0.4) is 0 Å². The zero-order valence-corrected chi connectivity index (χ0v) is 10.6. The van der Waals surface area contributed by atoms with Gasteiger partial charge in [-0.2, -0.15) is 0 Å². The Bertz CT molecular complexity index is 650. The van der Waals surface area contributed by atoms with Crippen molar-refractivity contribution in [2.75, 3.05) is 0 Å². The molecular weight excluding hydrogens is 267 g/mol. The summed E-state index contributed by atoms with van der Waals surface area (Å²) >= 11 is 5.98. The third kappa shape index (κ3) is 3.20. The second kappa shape index (κ2) is 5.67. The zero-order chi connectivity index (χ0) is 13.8. The Morgan fingerprint density at radius 2 is 1.89 bits per heavy atom. The second-order valence-electron chi connectivity index (χ2n) is 3.90.